The second-order valence-electron chi connectivity index (χ2n) is 9.21. The predicted octanol–water partition coefficient (Wildman–Crippen LogP) is -1.57. The molecule has 1 aliphatic rings. The number of amides is 3. The van der Waals surface area contributed by atoms with Gasteiger partial charge in [-0.2, -0.15) is 0 Å². The third-order valence-corrected chi connectivity index (χ3v) is 6.13. The number of nitrogens with one attached hydrogen (secondary N) is 4. The zero-order chi connectivity index (χ0) is 30.5. The lowest BCUT2D eigenvalue weighted by Gasteiger charge is -2.30. The number of unbranched alkanes of at least 4 members (excludes halogenated alkanes) is 1. The second-order valence-corrected chi connectivity index (χ2v) is 9.21. The van der Waals surface area contributed by atoms with Gasteiger partial charge in [-0.25, -0.2) is 0 Å². The molecule has 17 heteroatoms. The van der Waals surface area contributed by atoms with Crippen molar-refractivity contribution in [2.45, 2.75) is 62.9 Å². The number of nitrogens with two attached hydrogens (primary N) is 1. The van der Waals surface area contributed by atoms with Gasteiger partial charge in [0.25, 0.3) is 11.6 Å². The fourth-order valence-corrected chi connectivity index (χ4v) is 3.99. The number of hydrogen-bond acceptors (Lipinski definition) is 11. The van der Waals surface area contributed by atoms with Gasteiger partial charge in [0.2, 0.25) is 11.8 Å². The molecule has 1 unspecified atom stereocenters. The second kappa shape index (κ2) is 16.0. The number of ether oxygens (including phenoxy) is 1. The van der Waals surface area contributed by atoms with Crippen LogP contribution in [0.25, 0.3) is 0 Å². The standard InChI is InChI=1S/C24H34N6O11/c25-9-2-1-3-15-23(37)29-17(22(36)26-12-20(33)34)8-10-41-18-6-4-13(30(39)40)11-14(18)21(35)27-16(24(38)28-15)5-7-19(31)32/h4,6,11,15-17,23,29,37H,1-3,5,7-10,12,25H2,(H,26,36)(H,27,35)(H,28,38)(H,31,32)(H,33,34)/t15-,16-,17-,23?/m0/s1. The molecule has 41 heavy (non-hydrogen) atoms. The third-order valence-electron chi connectivity index (χ3n) is 6.13. The molecule has 2 rings (SSSR count). The minimum Gasteiger partial charge on any atom is -0.493 e. The molecule has 1 aliphatic heterocycles. The van der Waals surface area contributed by atoms with Gasteiger partial charge in [-0.3, -0.25) is 39.4 Å². The Kier molecular flexibility index (Phi) is 12.9. The van der Waals surface area contributed by atoms with E-state index in [-0.39, 0.29) is 37.2 Å². The molecule has 4 atom stereocenters. The molecular formula is C24H34N6O11. The van der Waals surface area contributed by atoms with E-state index in [1.54, 1.807) is 0 Å². The first-order valence-corrected chi connectivity index (χ1v) is 12.8. The van der Waals surface area contributed by atoms with Crippen molar-refractivity contribution in [3.8, 4) is 5.75 Å². The molecule has 17 nitrogen and oxygen atoms in total. The van der Waals surface area contributed by atoms with Crippen LogP contribution >= 0.6 is 0 Å². The molecule has 226 valence electrons. The zero-order valence-electron chi connectivity index (χ0n) is 22.0. The molecular weight excluding hydrogens is 548 g/mol. The lowest BCUT2D eigenvalue weighted by Crippen LogP contribution is -2.59. The molecule has 0 saturated heterocycles. The van der Waals surface area contributed by atoms with Gasteiger partial charge in [-0.05, 0) is 31.9 Å². The van der Waals surface area contributed by atoms with Gasteiger partial charge in [0, 0.05) is 25.0 Å². The Balaban J connectivity index is 2.50. The number of aliphatic carboxylic acids is 2. The number of benzene rings is 1. The van der Waals surface area contributed by atoms with Crippen molar-refractivity contribution < 1.29 is 49.0 Å². The molecule has 9 N–H and O–H groups in total. The number of rotatable bonds is 11. The molecule has 0 radical (unpaired) electrons. The highest BCUT2D eigenvalue weighted by Gasteiger charge is 2.32. The maximum absolute atomic E-state index is 13.2. The number of carboxylic acid groups (broad SMARTS) is 2. The highest BCUT2D eigenvalue weighted by Crippen LogP contribution is 2.25. The van der Waals surface area contributed by atoms with E-state index < -0.39 is 77.6 Å². The van der Waals surface area contributed by atoms with E-state index in [1.807, 2.05) is 0 Å². The Hall–Kier alpha value is -4.35. The molecule has 0 bridgehead atoms. The van der Waals surface area contributed by atoms with Gasteiger partial charge in [0.1, 0.15) is 24.6 Å². The van der Waals surface area contributed by atoms with Gasteiger partial charge in [-0.15, -0.1) is 0 Å². The van der Waals surface area contributed by atoms with Crippen LogP contribution in [-0.2, 0) is 19.2 Å². The summed E-state index contributed by atoms with van der Waals surface area (Å²) in [6, 6.07) is -0.524. The van der Waals surface area contributed by atoms with Crippen LogP contribution in [0.1, 0.15) is 48.9 Å². The summed E-state index contributed by atoms with van der Waals surface area (Å²) in [4.78, 5) is 71.9. The monoisotopic (exact) mass is 582 g/mol. The quantitative estimate of drug-likeness (QED) is 0.0833. The number of carbonyl (C=O) groups excluding carboxylic acids is 3. The van der Waals surface area contributed by atoms with Crippen LogP contribution in [0.4, 0.5) is 5.69 Å². The van der Waals surface area contributed by atoms with Crippen LogP contribution < -0.4 is 31.7 Å². The normalized spacial score (nSPS) is 21.7. The van der Waals surface area contributed by atoms with Crippen molar-refractivity contribution in [1.82, 2.24) is 21.3 Å². The van der Waals surface area contributed by atoms with Crippen molar-refractivity contribution in [2.75, 3.05) is 19.7 Å². The summed E-state index contributed by atoms with van der Waals surface area (Å²) in [6.07, 6.45) is -1.40. The number of nitro groups is 1. The van der Waals surface area contributed by atoms with Crippen molar-refractivity contribution in [3.63, 3.8) is 0 Å². The Morgan fingerprint density at radius 1 is 1.12 bits per heavy atom. The molecule has 3 amide bonds. The van der Waals surface area contributed by atoms with E-state index in [0.29, 0.717) is 19.4 Å². The number of fused-ring (bicyclic) bond motifs is 1. The molecule has 0 spiro atoms. The van der Waals surface area contributed by atoms with Crippen LogP contribution in [0, 0.1) is 10.1 Å². The smallest absolute Gasteiger partial charge is 0.322 e. The number of carbonyl (C=O) groups is 5. The number of nitro benzene ring substituents is 1. The number of nitrogens with zero attached hydrogens (tertiary/aromatic N) is 1. The Morgan fingerprint density at radius 3 is 2.49 bits per heavy atom. The van der Waals surface area contributed by atoms with E-state index in [9.17, 15) is 39.2 Å². The van der Waals surface area contributed by atoms with Gasteiger partial charge in [0.05, 0.1) is 29.2 Å². The minimum atomic E-state index is -1.54. The van der Waals surface area contributed by atoms with E-state index in [1.165, 1.54) is 0 Å². The maximum Gasteiger partial charge on any atom is 0.322 e. The zero-order valence-corrected chi connectivity index (χ0v) is 22.0. The van der Waals surface area contributed by atoms with Gasteiger partial charge in [-0.1, -0.05) is 6.42 Å². The highest BCUT2D eigenvalue weighted by atomic mass is 16.6. The average Bonchev–Trinajstić information content (AvgIpc) is 2.91. The van der Waals surface area contributed by atoms with Gasteiger partial charge < -0.3 is 41.7 Å². The number of aliphatic hydroxyl groups excluding tert-OH is 1. The first kappa shape index (κ1) is 32.9. The summed E-state index contributed by atoms with van der Waals surface area (Å²) in [6.45, 7) is -0.636. The summed E-state index contributed by atoms with van der Waals surface area (Å²) in [7, 11) is 0. The molecule has 0 aliphatic carbocycles. The van der Waals surface area contributed by atoms with Crippen molar-refractivity contribution in [3.05, 3.63) is 33.9 Å². The summed E-state index contributed by atoms with van der Waals surface area (Å²) < 4.78 is 5.64. The topological polar surface area (TPSA) is 273 Å². The Bertz CT molecular complexity index is 1130. The number of aliphatic hydroxyl groups is 1. The van der Waals surface area contributed by atoms with Crippen LogP contribution in [-0.4, -0.2) is 94.0 Å². The number of carboxylic acids is 2. The minimum absolute atomic E-state index is 0.132. The fourth-order valence-electron chi connectivity index (χ4n) is 3.99. The van der Waals surface area contributed by atoms with Gasteiger partial charge >= 0.3 is 11.9 Å². The highest BCUT2D eigenvalue weighted by molar-refractivity contribution is 6.00. The number of hydrogen-bond donors (Lipinski definition) is 8. The Labute approximate surface area is 233 Å². The van der Waals surface area contributed by atoms with Crippen molar-refractivity contribution in [1.29, 1.82) is 0 Å². The molecule has 1 aromatic rings. The van der Waals surface area contributed by atoms with E-state index in [4.69, 9.17) is 20.7 Å². The largest absolute Gasteiger partial charge is 0.493 e. The van der Waals surface area contributed by atoms with Gasteiger partial charge in [0.15, 0.2) is 0 Å². The molecule has 0 aromatic heterocycles. The summed E-state index contributed by atoms with van der Waals surface area (Å²) >= 11 is 0. The van der Waals surface area contributed by atoms with Crippen molar-refractivity contribution >= 4 is 35.3 Å². The molecule has 0 fully saturated rings. The van der Waals surface area contributed by atoms with E-state index in [0.717, 1.165) is 18.2 Å². The summed E-state index contributed by atoms with van der Waals surface area (Å²) in [5.41, 5.74) is 4.78. The summed E-state index contributed by atoms with van der Waals surface area (Å²) in [5.74, 6) is -5.29. The molecule has 1 heterocycles. The van der Waals surface area contributed by atoms with Crippen LogP contribution in [0.5, 0.6) is 5.75 Å². The first-order chi connectivity index (χ1) is 19.4. The average molecular weight is 583 g/mol. The fraction of sp³-hybridized carbons (Fsp3) is 0.542. The van der Waals surface area contributed by atoms with Crippen LogP contribution in [0.3, 0.4) is 0 Å². The Morgan fingerprint density at radius 2 is 1.85 bits per heavy atom. The van der Waals surface area contributed by atoms with Crippen LogP contribution in [0.15, 0.2) is 18.2 Å². The maximum atomic E-state index is 13.2. The lowest BCUT2D eigenvalue weighted by molar-refractivity contribution is -0.384. The number of non-ortho nitro benzene ring substituents is 1. The first-order valence-electron chi connectivity index (χ1n) is 12.8. The summed E-state index contributed by atoms with van der Waals surface area (Å²) in [5, 5.41) is 50.2. The van der Waals surface area contributed by atoms with Crippen molar-refractivity contribution in [2.24, 2.45) is 5.73 Å². The van der Waals surface area contributed by atoms with E-state index >= 15 is 0 Å². The van der Waals surface area contributed by atoms with Crippen LogP contribution in [0.2, 0.25) is 0 Å². The third kappa shape index (κ3) is 10.6. The SMILES string of the molecule is NCCCC[C@@H]1NC(=O)[C@H](CCC(=O)O)NC(=O)c2cc([N+](=O)[O-])ccc2OCC[C@@H](C(=O)NCC(=O)O)NC1O. The van der Waals surface area contributed by atoms with E-state index in [2.05, 4.69) is 21.3 Å². The lowest BCUT2D eigenvalue weighted by atomic mass is 10.0. The predicted molar refractivity (Wildman–Crippen MR) is 140 cm³/mol. The molecule has 0 saturated carbocycles. The molecule has 1 aromatic carbocycles.